The molecule has 2 N–H and O–H groups in total. The molecule has 0 fully saturated rings. The summed E-state index contributed by atoms with van der Waals surface area (Å²) in [7, 11) is 5.22. The summed E-state index contributed by atoms with van der Waals surface area (Å²) < 4.78 is 11.0. The Morgan fingerprint density at radius 3 is 2.36 bits per heavy atom. The molecule has 0 aromatic heterocycles. The molecule has 6 heteroatoms. The van der Waals surface area contributed by atoms with Crippen LogP contribution in [0.3, 0.4) is 0 Å². The molecule has 0 spiro atoms. The van der Waals surface area contributed by atoms with Crippen LogP contribution in [0.25, 0.3) is 0 Å². The highest BCUT2D eigenvalue weighted by atomic mass is 31.0. The van der Waals surface area contributed by atoms with Gasteiger partial charge in [-0.3, -0.25) is 0 Å². The molecule has 0 radical (unpaired) electrons. The molecule has 4 nitrogen and oxygen atoms in total. The zero-order valence-corrected chi connectivity index (χ0v) is 17.1. The van der Waals surface area contributed by atoms with E-state index in [1.54, 1.807) is 19.1 Å². The zero-order chi connectivity index (χ0) is 18.7. The maximum absolute atomic E-state index is 9.63. The predicted octanol–water partition coefficient (Wildman–Crippen LogP) is 2.18. The molecule has 2 unspecified atom stereocenters. The van der Waals surface area contributed by atoms with Gasteiger partial charge in [0.1, 0.15) is 11.4 Å². The number of aliphatic hydroxyl groups is 2. The van der Waals surface area contributed by atoms with E-state index in [0.29, 0.717) is 6.79 Å². The van der Waals surface area contributed by atoms with E-state index >= 15 is 0 Å². The third-order valence-electron chi connectivity index (χ3n) is 4.18. The van der Waals surface area contributed by atoms with Crippen molar-refractivity contribution in [3.63, 3.8) is 0 Å². The summed E-state index contributed by atoms with van der Waals surface area (Å²) in [4.78, 5) is 0. The summed E-state index contributed by atoms with van der Waals surface area (Å²) in [5, 5.41) is 20.6. The summed E-state index contributed by atoms with van der Waals surface area (Å²) in [6.45, 7) is 5.74. The first kappa shape index (κ1) is 20.3. The Balaban J connectivity index is 0.000000181. The second kappa shape index (κ2) is 8.12. The average molecular weight is 380 g/mol. The highest BCUT2D eigenvalue weighted by Crippen LogP contribution is 2.30. The van der Waals surface area contributed by atoms with Crippen LogP contribution in [0.5, 0.6) is 5.75 Å². The molecule has 1 aliphatic rings. The third kappa shape index (κ3) is 5.23. The van der Waals surface area contributed by atoms with Gasteiger partial charge in [0.25, 0.3) is 0 Å². The van der Waals surface area contributed by atoms with Crippen molar-refractivity contribution in [3.8, 4) is 5.75 Å². The number of ether oxygens (including phenoxy) is 2. The highest BCUT2D eigenvalue weighted by molar-refractivity contribution is 7.27. The molecule has 3 atom stereocenters. The minimum atomic E-state index is -1.13. The van der Waals surface area contributed by atoms with Crippen LogP contribution < -0.4 is 15.3 Å². The largest absolute Gasteiger partial charge is 0.467 e. The van der Waals surface area contributed by atoms with Crippen LogP contribution in [-0.4, -0.2) is 23.6 Å². The first-order chi connectivity index (χ1) is 11.7. The molecule has 1 aliphatic heterocycles. The fourth-order valence-corrected chi connectivity index (χ4v) is 2.75. The number of rotatable bonds is 2. The maximum atomic E-state index is 9.63. The van der Waals surface area contributed by atoms with Gasteiger partial charge in [0.2, 0.25) is 0 Å². The van der Waals surface area contributed by atoms with Crippen molar-refractivity contribution in [1.29, 1.82) is 0 Å². The predicted molar refractivity (Wildman–Crippen MR) is 108 cm³/mol. The van der Waals surface area contributed by atoms with Gasteiger partial charge in [-0.15, -0.1) is 18.5 Å². The van der Waals surface area contributed by atoms with E-state index in [1.807, 2.05) is 38.1 Å². The number of benzene rings is 2. The monoisotopic (exact) mass is 380 g/mol. The minimum absolute atomic E-state index is 0.246. The zero-order valence-electron chi connectivity index (χ0n) is 14.8. The van der Waals surface area contributed by atoms with Gasteiger partial charge in [0.05, 0.1) is 12.2 Å². The molecule has 0 saturated carbocycles. The average Bonchev–Trinajstić information content (AvgIpc) is 2.69. The Morgan fingerprint density at radius 2 is 1.76 bits per heavy atom. The van der Waals surface area contributed by atoms with Crippen LogP contribution in [0.1, 0.15) is 31.9 Å². The molecule has 0 saturated heterocycles. The normalized spacial score (nSPS) is 17.4. The van der Waals surface area contributed by atoms with E-state index in [4.69, 9.17) is 14.6 Å². The number of hydrogen-bond donors (Lipinski definition) is 2. The Bertz CT molecular complexity index is 712. The smallest absolute Gasteiger partial charge is 0.190 e. The van der Waals surface area contributed by atoms with Crippen LogP contribution in [0.2, 0.25) is 0 Å². The molecule has 136 valence electrons. The third-order valence-corrected chi connectivity index (χ3v) is 5.05. The first-order valence-corrected chi connectivity index (χ1v) is 9.17. The van der Waals surface area contributed by atoms with Crippen LogP contribution in [0, 0.1) is 0 Å². The number of hydrogen-bond acceptors (Lipinski definition) is 4. The Kier molecular flexibility index (Phi) is 6.59. The van der Waals surface area contributed by atoms with Crippen molar-refractivity contribution in [2.45, 2.75) is 32.0 Å². The second-order valence-electron chi connectivity index (χ2n) is 6.72. The molecule has 0 aliphatic carbocycles. The van der Waals surface area contributed by atoms with Gasteiger partial charge in [-0.05, 0) is 43.3 Å². The summed E-state index contributed by atoms with van der Waals surface area (Å²) in [6.07, 6.45) is 0. The molecule has 2 aromatic carbocycles. The SMILES string of the molecule is CC1(C)OCOc2cc1ccc2P.C[C@](O)(CO)c1ccc(P)cc1. The standard InChI is InChI=1S/C10H13O2P.C9H13O2P/c1-10(2)7-3-4-9(13)8(5-7)11-6-12-10;1-9(11,6-10)7-2-4-8(12)5-3-7/h3-5H,6,13H2,1-2H3;2-5,10-11H,6,12H2,1H3/t;9-/m.0/s1. The fraction of sp³-hybridized carbons (Fsp3) is 0.368. The van der Waals surface area contributed by atoms with Crippen molar-refractivity contribution in [3.05, 3.63) is 53.6 Å². The lowest BCUT2D eigenvalue weighted by atomic mass is 9.97. The summed E-state index contributed by atoms with van der Waals surface area (Å²) in [5.74, 6) is 0.896. The van der Waals surface area contributed by atoms with Crippen LogP contribution in [-0.2, 0) is 15.9 Å². The maximum Gasteiger partial charge on any atom is 0.190 e. The summed E-state index contributed by atoms with van der Waals surface area (Å²) >= 11 is 0. The van der Waals surface area contributed by atoms with E-state index in [2.05, 4.69) is 24.5 Å². The lowest BCUT2D eigenvalue weighted by molar-refractivity contribution is -0.0844. The van der Waals surface area contributed by atoms with Crippen molar-refractivity contribution in [1.82, 2.24) is 0 Å². The molecule has 2 aromatic rings. The topological polar surface area (TPSA) is 58.9 Å². The van der Waals surface area contributed by atoms with Crippen molar-refractivity contribution in [2.75, 3.05) is 13.4 Å². The van der Waals surface area contributed by atoms with E-state index < -0.39 is 5.60 Å². The Labute approximate surface area is 154 Å². The molecule has 3 rings (SSSR count). The quantitative estimate of drug-likeness (QED) is 0.785. The summed E-state index contributed by atoms with van der Waals surface area (Å²) in [5.41, 5.74) is 0.518. The second-order valence-corrected chi connectivity index (χ2v) is 8.01. The van der Waals surface area contributed by atoms with Gasteiger partial charge in [-0.2, -0.15) is 0 Å². The summed E-state index contributed by atoms with van der Waals surface area (Å²) in [6, 6.07) is 13.5. The van der Waals surface area contributed by atoms with Gasteiger partial charge in [0.15, 0.2) is 6.79 Å². The molecule has 0 amide bonds. The van der Waals surface area contributed by atoms with Crippen LogP contribution in [0.4, 0.5) is 0 Å². The van der Waals surface area contributed by atoms with Gasteiger partial charge >= 0.3 is 0 Å². The Morgan fingerprint density at radius 1 is 1.12 bits per heavy atom. The van der Waals surface area contributed by atoms with E-state index in [0.717, 1.165) is 27.5 Å². The van der Waals surface area contributed by atoms with Gasteiger partial charge in [-0.25, -0.2) is 0 Å². The molecular weight excluding hydrogens is 354 g/mol. The number of aliphatic hydroxyl groups excluding tert-OH is 1. The van der Waals surface area contributed by atoms with E-state index in [-0.39, 0.29) is 12.2 Å². The van der Waals surface area contributed by atoms with Crippen molar-refractivity contribution in [2.24, 2.45) is 0 Å². The van der Waals surface area contributed by atoms with Gasteiger partial charge in [-0.1, -0.05) is 36.4 Å². The molecule has 1 heterocycles. The highest BCUT2D eigenvalue weighted by Gasteiger charge is 2.25. The first-order valence-electron chi connectivity index (χ1n) is 8.02. The lowest BCUT2D eigenvalue weighted by Gasteiger charge is -2.22. The number of fused-ring (bicyclic) bond motifs is 2. The van der Waals surface area contributed by atoms with Gasteiger partial charge in [0, 0.05) is 5.30 Å². The van der Waals surface area contributed by atoms with Crippen molar-refractivity contribution >= 4 is 29.1 Å². The molecule has 2 bridgehead atoms. The minimum Gasteiger partial charge on any atom is -0.467 e. The molecule has 25 heavy (non-hydrogen) atoms. The Hall–Kier alpha value is -1.02. The lowest BCUT2D eigenvalue weighted by Crippen LogP contribution is -2.25. The van der Waals surface area contributed by atoms with Gasteiger partial charge < -0.3 is 19.7 Å². The van der Waals surface area contributed by atoms with Crippen molar-refractivity contribution < 1.29 is 19.7 Å². The van der Waals surface area contributed by atoms with Crippen LogP contribution >= 0.6 is 18.5 Å². The molecular formula is C19H26O4P2. The van der Waals surface area contributed by atoms with E-state index in [1.165, 1.54) is 0 Å². The van der Waals surface area contributed by atoms with Crippen LogP contribution in [0.15, 0.2) is 42.5 Å². The fourth-order valence-electron chi connectivity index (χ4n) is 2.29. The van der Waals surface area contributed by atoms with E-state index in [9.17, 15) is 5.11 Å².